The Hall–Kier alpha value is -2.04. The van der Waals surface area contributed by atoms with E-state index in [2.05, 4.69) is 27.4 Å². The minimum atomic E-state index is 0.0460. The molecule has 1 aliphatic heterocycles. The Balaban J connectivity index is 1.54. The predicted octanol–water partition coefficient (Wildman–Crippen LogP) is 4.93. The quantitative estimate of drug-likeness (QED) is 0.641. The van der Waals surface area contributed by atoms with E-state index in [4.69, 9.17) is 11.6 Å². The Kier molecular flexibility index (Phi) is 6.17. The third-order valence-electron chi connectivity index (χ3n) is 4.44. The van der Waals surface area contributed by atoms with Crippen molar-refractivity contribution in [2.75, 3.05) is 26.2 Å². The van der Waals surface area contributed by atoms with Crippen LogP contribution < -0.4 is 0 Å². The van der Waals surface area contributed by atoms with Crippen molar-refractivity contribution in [3.05, 3.63) is 81.8 Å². The predicted molar refractivity (Wildman–Crippen MR) is 112 cm³/mol. The molecule has 3 nitrogen and oxygen atoms in total. The normalized spacial score (nSPS) is 14.7. The first-order valence-electron chi connectivity index (χ1n) is 8.45. The Morgan fingerprint density at radius 1 is 0.962 bits per heavy atom. The van der Waals surface area contributed by atoms with Crippen LogP contribution in [0.4, 0.5) is 0 Å². The Morgan fingerprint density at radius 3 is 2.15 bits per heavy atom. The lowest BCUT2D eigenvalue weighted by Gasteiger charge is -2.36. The summed E-state index contributed by atoms with van der Waals surface area (Å²) in [4.78, 5) is 16.5. The van der Waals surface area contributed by atoms with Crippen LogP contribution in [0.2, 0.25) is 5.02 Å². The average molecular weight is 432 g/mol. The maximum atomic E-state index is 12.4. The highest BCUT2D eigenvalue weighted by atomic mass is 79.9. The summed E-state index contributed by atoms with van der Waals surface area (Å²) < 4.78 is 1.03. The van der Waals surface area contributed by atoms with Gasteiger partial charge in [-0.3, -0.25) is 4.79 Å². The fourth-order valence-electron chi connectivity index (χ4n) is 2.87. The summed E-state index contributed by atoms with van der Waals surface area (Å²) in [7, 11) is 0. The van der Waals surface area contributed by atoms with Crippen LogP contribution in [-0.2, 0) is 4.79 Å². The summed E-state index contributed by atoms with van der Waals surface area (Å²) in [5, 5.41) is 0.717. The highest BCUT2D eigenvalue weighted by Gasteiger charge is 2.20. The Bertz CT molecular complexity index is 807. The van der Waals surface area contributed by atoms with Crippen LogP contribution in [0, 0.1) is 0 Å². The molecule has 0 N–H and O–H groups in total. The van der Waals surface area contributed by atoms with Gasteiger partial charge in [-0.15, -0.1) is 0 Å². The van der Waals surface area contributed by atoms with Crippen LogP contribution >= 0.6 is 27.5 Å². The summed E-state index contributed by atoms with van der Waals surface area (Å²) in [6.07, 6.45) is 3.50. The molecular weight excluding hydrogens is 412 g/mol. The molecule has 134 valence electrons. The zero-order valence-corrected chi connectivity index (χ0v) is 16.7. The zero-order chi connectivity index (χ0) is 18.5. The van der Waals surface area contributed by atoms with E-state index in [-0.39, 0.29) is 5.91 Å². The molecule has 3 rings (SSSR count). The highest BCUT2D eigenvalue weighted by Crippen LogP contribution is 2.21. The van der Waals surface area contributed by atoms with Gasteiger partial charge < -0.3 is 9.80 Å². The molecule has 1 heterocycles. The van der Waals surface area contributed by atoms with Gasteiger partial charge >= 0.3 is 0 Å². The van der Waals surface area contributed by atoms with Gasteiger partial charge in [0, 0.05) is 47.4 Å². The zero-order valence-electron chi connectivity index (χ0n) is 14.4. The number of rotatable bonds is 4. The van der Waals surface area contributed by atoms with E-state index in [0.29, 0.717) is 13.1 Å². The number of benzene rings is 2. The first-order chi connectivity index (χ1) is 12.5. The maximum absolute atomic E-state index is 12.4. The van der Waals surface area contributed by atoms with Gasteiger partial charge in [-0.05, 0) is 41.5 Å². The molecule has 1 amide bonds. The van der Waals surface area contributed by atoms with Gasteiger partial charge in [0.25, 0.3) is 0 Å². The maximum Gasteiger partial charge on any atom is 0.246 e. The number of piperazine rings is 1. The second-order valence-corrected chi connectivity index (χ2v) is 7.50. The molecule has 26 heavy (non-hydrogen) atoms. The van der Waals surface area contributed by atoms with Crippen LogP contribution in [-0.4, -0.2) is 41.9 Å². The van der Waals surface area contributed by atoms with E-state index in [0.717, 1.165) is 39.4 Å². The molecule has 1 aliphatic rings. The molecule has 5 heteroatoms. The van der Waals surface area contributed by atoms with Crippen molar-refractivity contribution in [1.29, 1.82) is 0 Å². The number of carbonyl (C=O) groups excluding carboxylic acids is 1. The molecule has 0 spiro atoms. The van der Waals surface area contributed by atoms with Crippen molar-refractivity contribution in [3.63, 3.8) is 0 Å². The number of hydrogen-bond donors (Lipinski definition) is 0. The number of halogens is 2. The SMILES string of the molecule is C=C(c1ccc(Cl)cc1)N1CCN(C(=O)/C=C/c2ccc(Br)cc2)CC1. The second-order valence-electron chi connectivity index (χ2n) is 6.15. The molecule has 0 unspecified atom stereocenters. The van der Waals surface area contributed by atoms with Crippen LogP contribution in [0.3, 0.4) is 0 Å². The molecule has 2 aromatic rings. The monoisotopic (exact) mass is 430 g/mol. The summed E-state index contributed by atoms with van der Waals surface area (Å²) in [6.45, 7) is 7.13. The lowest BCUT2D eigenvalue weighted by atomic mass is 10.1. The van der Waals surface area contributed by atoms with Gasteiger partial charge in [0.2, 0.25) is 5.91 Å². The van der Waals surface area contributed by atoms with Crippen LogP contribution in [0.25, 0.3) is 11.8 Å². The van der Waals surface area contributed by atoms with Crippen LogP contribution in [0.15, 0.2) is 65.7 Å². The standard InChI is InChI=1S/C21H20BrClN2O/c1-16(18-5-9-20(23)10-6-18)24-12-14-25(15-13-24)21(26)11-4-17-2-7-19(22)8-3-17/h2-11H,1,12-15H2/b11-4+. The fourth-order valence-corrected chi connectivity index (χ4v) is 3.26. The van der Waals surface area contributed by atoms with Gasteiger partial charge in [-0.1, -0.05) is 58.4 Å². The summed E-state index contributed by atoms with van der Waals surface area (Å²) in [5.41, 5.74) is 3.04. The summed E-state index contributed by atoms with van der Waals surface area (Å²) in [6, 6.07) is 15.6. The van der Waals surface area contributed by atoms with Crippen molar-refractivity contribution < 1.29 is 4.79 Å². The van der Waals surface area contributed by atoms with E-state index >= 15 is 0 Å². The van der Waals surface area contributed by atoms with E-state index in [1.807, 2.05) is 59.5 Å². The average Bonchev–Trinajstić information content (AvgIpc) is 2.67. The number of nitrogens with zero attached hydrogens (tertiary/aromatic N) is 2. The molecule has 0 atom stereocenters. The lowest BCUT2D eigenvalue weighted by Crippen LogP contribution is -2.47. The molecule has 2 aromatic carbocycles. The minimum absolute atomic E-state index is 0.0460. The van der Waals surface area contributed by atoms with E-state index in [1.54, 1.807) is 6.08 Å². The lowest BCUT2D eigenvalue weighted by molar-refractivity contribution is -0.127. The minimum Gasteiger partial charge on any atom is -0.368 e. The molecule has 0 aliphatic carbocycles. The van der Waals surface area contributed by atoms with Gasteiger partial charge in [-0.25, -0.2) is 0 Å². The summed E-state index contributed by atoms with van der Waals surface area (Å²) in [5.74, 6) is 0.0460. The van der Waals surface area contributed by atoms with Crippen LogP contribution in [0.1, 0.15) is 11.1 Å². The molecular formula is C21H20BrClN2O. The second kappa shape index (κ2) is 8.56. The van der Waals surface area contributed by atoms with Gasteiger partial charge in [0.15, 0.2) is 0 Å². The number of carbonyl (C=O) groups is 1. The topological polar surface area (TPSA) is 23.6 Å². The third kappa shape index (κ3) is 4.77. The molecule has 0 saturated carbocycles. The van der Waals surface area contributed by atoms with Crippen molar-refractivity contribution in [1.82, 2.24) is 9.80 Å². The number of hydrogen-bond acceptors (Lipinski definition) is 2. The van der Waals surface area contributed by atoms with E-state index < -0.39 is 0 Å². The van der Waals surface area contributed by atoms with Gasteiger partial charge in [-0.2, -0.15) is 0 Å². The first kappa shape index (κ1) is 18.7. The molecule has 0 bridgehead atoms. The first-order valence-corrected chi connectivity index (χ1v) is 9.62. The smallest absolute Gasteiger partial charge is 0.246 e. The summed E-state index contributed by atoms with van der Waals surface area (Å²) >= 11 is 9.35. The fraction of sp³-hybridized carbons (Fsp3) is 0.190. The highest BCUT2D eigenvalue weighted by molar-refractivity contribution is 9.10. The van der Waals surface area contributed by atoms with E-state index in [1.165, 1.54) is 0 Å². The molecule has 1 saturated heterocycles. The third-order valence-corrected chi connectivity index (χ3v) is 5.22. The molecule has 0 radical (unpaired) electrons. The van der Waals surface area contributed by atoms with Gasteiger partial charge in [0.05, 0.1) is 0 Å². The van der Waals surface area contributed by atoms with Crippen molar-refractivity contribution in [2.24, 2.45) is 0 Å². The van der Waals surface area contributed by atoms with E-state index in [9.17, 15) is 4.79 Å². The molecule has 0 aromatic heterocycles. The van der Waals surface area contributed by atoms with Crippen LogP contribution in [0.5, 0.6) is 0 Å². The molecule has 1 fully saturated rings. The Labute approximate surface area is 167 Å². The van der Waals surface area contributed by atoms with Crippen molar-refractivity contribution in [3.8, 4) is 0 Å². The largest absolute Gasteiger partial charge is 0.368 e. The van der Waals surface area contributed by atoms with Crippen molar-refractivity contribution >= 4 is 45.2 Å². The van der Waals surface area contributed by atoms with Crippen molar-refractivity contribution in [2.45, 2.75) is 0 Å². The van der Waals surface area contributed by atoms with Gasteiger partial charge in [0.1, 0.15) is 0 Å². The Morgan fingerprint density at radius 2 is 1.54 bits per heavy atom. The number of amides is 1.